The first-order valence-electron chi connectivity index (χ1n) is 9.29. The lowest BCUT2D eigenvalue weighted by Gasteiger charge is -2.32. The standard InChI is InChI=1S/C21H21N5OS/c22-11-16-10-17(3-4-20(16)26-8-5-18(27)6-9-26)24-13-19-14-25-21(28-19)15-2-1-7-23-12-15/h1-4,7,10,12,14,18,24,27H,5-6,8-9,13H2. The van der Waals surface area contributed by atoms with Crippen LogP contribution < -0.4 is 10.2 Å². The zero-order valence-corrected chi connectivity index (χ0v) is 16.2. The summed E-state index contributed by atoms with van der Waals surface area (Å²) in [5, 5.41) is 23.6. The van der Waals surface area contributed by atoms with E-state index in [1.165, 1.54) is 0 Å². The SMILES string of the molecule is N#Cc1cc(NCc2cnc(-c3cccnc3)s2)ccc1N1CCC(O)CC1. The van der Waals surface area contributed by atoms with Gasteiger partial charge in [0.05, 0.1) is 23.9 Å². The summed E-state index contributed by atoms with van der Waals surface area (Å²) in [7, 11) is 0. The normalized spacial score (nSPS) is 14.6. The molecule has 0 aliphatic carbocycles. The maximum absolute atomic E-state index is 9.69. The molecule has 2 aromatic heterocycles. The van der Waals surface area contributed by atoms with Crippen LogP contribution in [0.25, 0.3) is 10.6 Å². The number of rotatable bonds is 5. The molecule has 2 N–H and O–H groups in total. The molecule has 6 nitrogen and oxygen atoms in total. The van der Waals surface area contributed by atoms with E-state index in [0.717, 1.165) is 52.8 Å². The highest BCUT2D eigenvalue weighted by Crippen LogP contribution is 2.28. The van der Waals surface area contributed by atoms with Gasteiger partial charge in [0.25, 0.3) is 0 Å². The largest absolute Gasteiger partial charge is 0.393 e. The number of aliphatic hydroxyl groups is 1. The van der Waals surface area contributed by atoms with Gasteiger partial charge in [-0.3, -0.25) is 4.98 Å². The minimum absolute atomic E-state index is 0.223. The first-order valence-corrected chi connectivity index (χ1v) is 10.1. The molecule has 1 aliphatic heterocycles. The quantitative estimate of drug-likeness (QED) is 0.691. The van der Waals surface area contributed by atoms with Crippen molar-refractivity contribution < 1.29 is 5.11 Å². The lowest BCUT2D eigenvalue weighted by atomic mass is 10.0. The zero-order valence-electron chi connectivity index (χ0n) is 15.4. The van der Waals surface area contributed by atoms with E-state index in [4.69, 9.17) is 0 Å². The molecular formula is C21H21N5OS. The summed E-state index contributed by atoms with van der Waals surface area (Å²) in [4.78, 5) is 11.9. The molecule has 0 spiro atoms. The van der Waals surface area contributed by atoms with Crippen LogP contribution in [0.3, 0.4) is 0 Å². The fourth-order valence-electron chi connectivity index (χ4n) is 3.32. The van der Waals surface area contributed by atoms with Gasteiger partial charge in [-0.25, -0.2) is 4.98 Å². The molecule has 0 amide bonds. The van der Waals surface area contributed by atoms with E-state index in [0.29, 0.717) is 12.1 Å². The average molecular weight is 392 g/mol. The topological polar surface area (TPSA) is 85.1 Å². The number of nitriles is 1. The molecule has 1 aromatic carbocycles. The number of pyridine rings is 1. The van der Waals surface area contributed by atoms with Crippen LogP contribution in [0.5, 0.6) is 0 Å². The number of hydrogen-bond acceptors (Lipinski definition) is 7. The minimum atomic E-state index is -0.223. The molecule has 1 aliphatic rings. The zero-order chi connectivity index (χ0) is 19.3. The number of anilines is 2. The summed E-state index contributed by atoms with van der Waals surface area (Å²) < 4.78 is 0. The van der Waals surface area contributed by atoms with Crippen molar-refractivity contribution in [2.75, 3.05) is 23.3 Å². The van der Waals surface area contributed by atoms with Crippen molar-refractivity contribution in [2.24, 2.45) is 0 Å². The highest BCUT2D eigenvalue weighted by atomic mass is 32.1. The van der Waals surface area contributed by atoms with Crippen LogP contribution in [-0.2, 0) is 6.54 Å². The van der Waals surface area contributed by atoms with Gasteiger partial charge in [-0.15, -0.1) is 11.3 Å². The summed E-state index contributed by atoms with van der Waals surface area (Å²) in [6.07, 6.45) is 6.71. The second kappa shape index (κ2) is 8.38. The van der Waals surface area contributed by atoms with Crippen molar-refractivity contribution in [1.82, 2.24) is 9.97 Å². The third kappa shape index (κ3) is 4.14. The van der Waals surface area contributed by atoms with Crippen molar-refractivity contribution in [1.29, 1.82) is 5.26 Å². The Labute approximate surface area is 168 Å². The third-order valence-corrected chi connectivity index (χ3v) is 5.90. The fourth-order valence-corrected chi connectivity index (χ4v) is 4.16. The first-order chi connectivity index (χ1) is 13.7. The molecule has 28 heavy (non-hydrogen) atoms. The molecule has 142 valence electrons. The Hall–Kier alpha value is -2.95. The molecule has 0 radical (unpaired) electrons. The van der Waals surface area contributed by atoms with E-state index in [2.05, 4.69) is 26.3 Å². The summed E-state index contributed by atoms with van der Waals surface area (Å²) in [5.41, 5.74) is 3.52. The Morgan fingerprint density at radius 1 is 1.25 bits per heavy atom. The minimum Gasteiger partial charge on any atom is -0.393 e. The number of nitrogens with one attached hydrogen (secondary N) is 1. The van der Waals surface area contributed by atoms with Crippen LogP contribution in [0.4, 0.5) is 11.4 Å². The van der Waals surface area contributed by atoms with Gasteiger partial charge in [0.15, 0.2) is 0 Å². The van der Waals surface area contributed by atoms with Crippen molar-refractivity contribution >= 4 is 22.7 Å². The molecule has 3 heterocycles. The predicted octanol–water partition coefficient (Wildman–Crippen LogP) is 3.65. The molecule has 7 heteroatoms. The van der Waals surface area contributed by atoms with Crippen LogP contribution in [0.2, 0.25) is 0 Å². The number of benzene rings is 1. The highest BCUT2D eigenvalue weighted by Gasteiger charge is 2.19. The second-order valence-corrected chi connectivity index (χ2v) is 7.90. The van der Waals surface area contributed by atoms with Crippen LogP contribution >= 0.6 is 11.3 Å². The predicted molar refractivity (Wildman–Crippen MR) is 111 cm³/mol. The van der Waals surface area contributed by atoms with E-state index < -0.39 is 0 Å². The highest BCUT2D eigenvalue weighted by molar-refractivity contribution is 7.15. The van der Waals surface area contributed by atoms with Gasteiger partial charge in [-0.05, 0) is 43.2 Å². The van der Waals surface area contributed by atoms with Crippen LogP contribution in [0.1, 0.15) is 23.3 Å². The van der Waals surface area contributed by atoms with Gasteiger partial charge >= 0.3 is 0 Å². The van der Waals surface area contributed by atoms with Gasteiger partial charge in [-0.1, -0.05) is 0 Å². The molecule has 0 unspecified atom stereocenters. The van der Waals surface area contributed by atoms with Gasteiger partial charge < -0.3 is 15.3 Å². The van der Waals surface area contributed by atoms with E-state index in [1.807, 2.05) is 42.7 Å². The molecule has 3 aromatic rings. The molecule has 0 atom stereocenters. The van der Waals surface area contributed by atoms with Crippen LogP contribution in [-0.4, -0.2) is 34.3 Å². The van der Waals surface area contributed by atoms with Crippen LogP contribution in [0, 0.1) is 11.3 Å². The maximum Gasteiger partial charge on any atom is 0.125 e. The summed E-state index contributed by atoms with van der Waals surface area (Å²) in [6, 6.07) is 12.1. The average Bonchev–Trinajstić information content (AvgIpc) is 3.22. The molecule has 0 saturated carbocycles. The number of nitrogens with zero attached hydrogens (tertiary/aromatic N) is 4. The van der Waals surface area contributed by atoms with Crippen molar-refractivity contribution in [2.45, 2.75) is 25.5 Å². The Bertz CT molecular complexity index is 974. The fraction of sp³-hybridized carbons (Fsp3) is 0.286. The van der Waals surface area contributed by atoms with Gasteiger partial charge in [0, 0.05) is 47.8 Å². The molecule has 4 rings (SSSR count). The monoisotopic (exact) mass is 391 g/mol. The summed E-state index contributed by atoms with van der Waals surface area (Å²) in [6.45, 7) is 2.21. The summed E-state index contributed by atoms with van der Waals surface area (Å²) in [5.74, 6) is 0. The van der Waals surface area contributed by atoms with E-state index in [1.54, 1.807) is 17.5 Å². The third-order valence-electron chi connectivity index (χ3n) is 4.85. The number of aromatic nitrogens is 2. The number of thiazole rings is 1. The Kier molecular flexibility index (Phi) is 5.51. The van der Waals surface area contributed by atoms with E-state index in [-0.39, 0.29) is 6.10 Å². The van der Waals surface area contributed by atoms with Gasteiger partial charge in [-0.2, -0.15) is 5.26 Å². The van der Waals surface area contributed by atoms with Gasteiger partial charge in [0.2, 0.25) is 0 Å². The number of aliphatic hydroxyl groups excluding tert-OH is 1. The Morgan fingerprint density at radius 2 is 2.11 bits per heavy atom. The first kappa shape index (κ1) is 18.4. The van der Waals surface area contributed by atoms with E-state index >= 15 is 0 Å². The lowest BCUT2D eigenvalue weighted by Crippen LogP contribution is -2.36. The van der Waals surface area contributed by atoms with Crippen molar-refractivity contribution in [3.63, 3.8) is 0 Å². The summed E-state index contributed by atoms with van der Waals surface area (Å²) >= 11 is 1.63. The smallest absolute Gasteiger partial charge is 0.125 e. The van der Waals surface area contributed by atoms with Crippen molar-refractivity contribution in [3.05, 3.63) is 59.4 Å². The van der Waals surface area contributed by atoms with Crippen molar-refractivity contribution in [3.8, 4) is 16.6 Å². The van der Waals surface area contributed by atoms with Crippen LogP contribution in [0.15, 0.2) is 48.9 Å². The van der Waals surface area contributed by atoms with Gasteiger partial charge in [0.1, 0.15) is 11.1 Å². The van der Waals surface area contributed by atoms with E-state index in [9.17, 15) is 10.4 Å². The maximum atomic E-state index is 9.69. The Balaban J connectivity index is 1.43. The number of hydrogen-bond donors (Lipinski definition) is 2. The molecule has 1 fully saturated rings. The molecular weight excluding hydrogens is 370 g/mol. The molecule has 1 saturated heterocycles. The number of piperidine rings is 1. The lowest BCUT2D eigenvalue weighted by molar-refractivity contribution is 0.145. The Morgan fingerprint density at radius 3 is 2.86 bits per heavy atom. The molecule has 0 bridgehead atoms. The second-order valence-electron chi connectivity index (χ2n) is 6.79.